The molecule has 6 nitrogen and oxygen atoms in total. The van der Waals surface area contributed by atoms with Gasteiger partial charge in [-0.1, -0.05) is 18.2 Å². The summed E-state index contributed by atoms with van der Waals surface area (Å²) in [6.45, 7) is -0.541. The molecule has 0 aliphatic carbocycles. The van der Waals surface area contributed by atoms with Crippen molar-refractivity contribution in [1.82, 2.24) is 10.1 Å². The second kappa shape index (κ2) is 7.75. The molecule has 24 heavy (non-hydrogen) atoms. The van der Waals surface area contributed by atoms with Crippen LogP contribution in [-0.2, 0) is 14.8 Å². The number of hydrogen-bond acceptors (Lipinski definition) is 4. The summed E-state index contributed by atoms with van der Waals surface area (Å²) in [7, 11) is -3.81. The molecular weight excluding hydrogens is 340 g/mol. The van der Waals surface area contributed by atoms with Gasteiger partial charge >= 0.3 is 0 Å². The summed E-state index contributed by atoms with van der Waals surface area (Å²) in [5, 5.41) is 3.48. The van der Waals surface area contributed by atoms with Crippen molar-refractivity contribution in [3.63, 3.8) is 0 Å². The standard InChI is InChI=1S/C15H13F2N3O3S/c16-12-7-6-11(14(17)8-12)9-18-20-15(21)10-19-24(22,23)13-4-2-1-3-5-13/h1-9,19H,10H2,(H,20,21)/b18-9-. The van der Waals surface area contributed by atoms with Crippen molar-refractivity contribution in [3.8, 4) is 0 Å². The molecule has 0 spiro atoms. The maximum atomic E-state index is 13.3. The highest BCUT2D eigenvalue weighted by atomic mass is 32.2. The monoisotopic (exact) mass is 353 g/mol. The maximum absolute atomic E-state index is 13.3. The van der Waals surface area contributed by atoms with Crippen LogP contribution in [0.15, 0.2) is 58.5 Å². The number of halogens is 2. The van der Waals surface area contributed by atoms with E-state index in [9.17, 15) is 22.0 Å². The molecule has 2 N–H and O–H groups in total. The molecule has 0 heterocycles. The van der Waals surface area contributed by atoms with E-state index in [1.165, 1.54) is 12.1 Å². The molecule has 0 fully saturated rings. The number of carbonyl (C=O) groups excluding carboxylic acids is 1. The lowest BCUT2D eigenvalue weighted by molar-refractivity contribution is -0.119. The predicted molar refractivity (Wildman–Crippen MR) is 83.7 cm³/mol. The zero-order valence-corrected chi connectivity index (χ0v) is 13.1. The molecule has 0 atom stereocenters. The lowest BCUT2D eigenvalue weighted by Gasteiger charge is -2.05. The summed E-state index contributed by atoms with van der Waals surface area (Å²) < 4.78 is 52.0. The fraction of sp³-hybridized carbons (Fsp3) is 0.0667. The lowest BCUT2D eigenvalue weighted by atomic mass is 10.2. The minimum absolute atomic E-state index is 0.0229. The summed E-state index contributed by atoms with van der Waals surface area (Å²) in [5.74, 6) is -2.31. The lowest BCUT2D eigenvalue weighted by Crippen LogP contribution is -2.34. The first-order valence-corrected chi connectivity index (χ1v) is 8.18. The number of nitrogens with one attached hydrogen (secondary N) is 2. The van der Waals surface area contributed by atoms with Crippen LogP contribution in [0.5, 0.6) is 0 Å². The van der Waals surface area contributed by atoms with Gasteiger partial charge in [0, 0.05) is 11.6 Å². The third-order valence-corrected chi connectivity index (χ3v) is 4.25. The Kier molecular flexibility index (Phi) is 5.72. The van der Waals surface area contributed by atoms with Crippen molar-refractivity contribution in [2.45, 2.75) is 4.90 Å². The zero-order valence-electron chi connectivity index (χ0n) is 12.2. The van der Waals surface area contributed by atoms with Crippen LogP contribution in [0, 0.1) is 11.6 Å². The summed E-state index contributed by atoms with van der Waals surface area (Å²) in [6, 6.07) is 10.4. The van der Waals surface area contributed by atoms with E-state index in [0.29, 0.717) is 6.07 Å². The van der Waals surface area contributed by atoms with Crippen LogP contribution in [-0.4, -0.2) is 27.1 Å². The van der Waals surface area contributed by atoms with Crippen LogP contribution in [0.4, 0.5) is 8.78 Å². The van der Waals surface area contributed by atoms with Crippen molar-refractivity contribution < 1.29 is 22.0 Å². The number of sulfonamides is 1. The molecule has 0 aliphatic heterocycles. The quantitative estimate of drug-likeness (QED) is 0.608. The van der Waals surface area contributed by atoms with Crippen molar-refractivity contribution >= 4 is 22.1 Å². The fourth-order valence-corrected chi connectivity index (χ4v) is 2.67. The molecule has 2 aromatic carbocycles. The first-order chi connectivity index (χ1) is 11.4. The topological polar surface area (TPSA) is 87.6 Å². The number of hydrogen-bond donors (Lipinski definition) is 2. The summed E-state index contributed by atoms with van der Waals surface area (Å²) >= 11 is 0. The van der Waals surface area contributed by atoms with E-state index < -0.39 is 34.1 Å². The summed E-state index contributed by atoms with van der Waals surface area (Å²) in [4.78, 5) is 11.6. The molecule has 2 rings (SSSR count). The van der Waals surface area contributed by atoms with Crippen LogP contribution < -0.4 is 10.1 Å². The Morgan fingerprint density at radius 3 is 2.50 bits per heavy atom. The van der Waals surface area contributed by atoms with Gasteiger partial charge in [-0.3, -0.25) is 4.79 Å². The van der Waals surface area contributed by atoms with Gasteiger partial charge in [0.05, 0.1) is 17.7 Å². The molecule has 0 unspecified atom stereocenters. The van der Waals surface area contributed by atoms with Crippen molar-refractivity contribution in [2.24, 2.45) is 5.10 Å². The van der Waals surface area contributed by atoms with E-state index in [1.54, 1.807) is 18.2 Å². The van der Waals surface area contributed by atoms with E-state index >= 15 is 0 Å². The number of benzene rings is 2. The van der Waals surface area contributed by atoms with Gasteiger partial charge in [-0.15, -0.1) is 0 Å². The third-order valence-electron chi connectivity index (χ3n) is 2.83. The molecule has 0 aromatic heterocycles. The van der Waals surface area contributed by atoms with Gasteiger partial charge in [0.1, 0.15) is 11.6 Å². The van der Waals surface area contributed by atoms with Gasteiger partial charge in [0.2, 0.25) is 10.0 Å². The minimum atomic E-state index is -3.81. The largest absolute Gasteiger partial charge is 0.272 e. The molecule has 0 aliphatic rings. The first kappa shape index (κ1) is 17.7. The average Bonchev–Trinajstić information content (AvgIpc) is 2.56. The minimum Gasteiger partial charge on any atom is -0.272 e. The molecular formula is C15H13F2N3O3S. The Morgan fingerprint density at radius 1 is 1.12 bits per heavy atom. The molecule has 9 heteroatoms. The van der Waals surface area contributed by atoms with Crippen LogP contribution in [0.25, 0.3) is 0 Å². The van der Waals surface area contributed by atoms with Gasteiger partial charge in [0.25, 0.3) is 5.91 Å². The molecule has 0 saturated carbocycles. The fourth-order valence-electron chi connectivity index (χ4n) is 1.66. The number of amides is 1. The predicted octanol–water partition coefficient (Wildman–Crippen LogP) is 1.39. The van der Waals surface area contributed by atoms with Crippen molar-refractivity contribution in [2.75, 3.05) is 6.54 Å². The Bertz CT molecular complexity index is 856. The Balaban J connectivity index is 1.89. The average molecular weight is 353 g/mol. The molecule has 1 amide bonds. The van der Waals surface area contributed by atoms with Crippen LogP contribution in [0.1, 0.15) is 5.56 Å². The molecule has 2 aromatic rings. The number of carbonyl (C=O) groups is 1. The normalized spacial score (nSPS) is 11.6. The second-order valence-electron chi connectivity index (χ2n) is 4.60. The zero-order chi connectivity index (χ0) is 17.6. The van der Waals surface area contributed by atoms with Gasteiger partial charge in [-0.2, -0.15) is 5.10 Å². The Hall–Kier alpha value is -2.65. The third kappa shape index (κ3) is 4.93. The second-order valence-corrected chi connectivity index (χ2v) is 6.36. The van der Waals surface area contributed by atoms with E-state index in [-0.39, 0.29) is 10.5 Å². The number of rotatable bonds is 6. The molecule has 126 valence electrons. The van der Waals surface area contributed by atoms with Crippen LogP contribution in [0.2, 0.25) is 0 Å². The van der Waals surface area contributed by atoms with Crippen molar-refractivity contribution in [3.05, 3.63) is 65.7 Å². The number of nitrogens with zero attached hydrogens (tertiary/aromatic N) is 1. The first-order valence-electron chi connectivity index (χ1n) is 6.70. The summed E-state index contributed by atoms with van der Waals surface area (Å²) in [6.07, 6.45) is 0.984. The highest BCUT2D eigenvalue weighted by Gasteiger charge is 2.14. The smallest absolute Gasteiger partial charge is 0.255 e. The Morgan fingerprint density at radius 2 is 1.83 bits per heavy atom. The molecule has 0 radical (unpaired) electrons. The maximum Gasteiger partial charge on any atom is 0.255 e. The van der Waals surface area contributed by atoms with Gasteiger partial charge in [-0.25, -0.2) is 27.3 Å². The van der Waals surface area contributed by atoms with E-state index in [0.717, 1.165) is 18.3 Å². The highest BCUT2D eigenvalue weighted by Crippen LogP contribution is 2.07. The van der Waals surface area contributed by atoms with E-state index in [1.807, 2.05) is 5.43 Å². The Labute approximate surface area is 137 Å². The highest BCUT2D eigenvalue weighted by molar-refractivity contribution is 7.89. The van der Waals surface area contributed by atoms with Gasteiger partial charge < -0.3 is 0 Å². The van der Waals surface area contributed by atoms with Gasteiger partial charge in [-0.05, 0) is 24.3 Å². The van der Waals surface area contributed by atoms with Crippen LogP contribution >= 0.6 is 0 Å². The van der Waals surface area contributed by atoms with Crippen LogP contribution in [0.3, 0.4) is 0 Å². The van der Waals surface area contributed by atoms with E-state index in [4.69, 9.17) is 0 Å². The molecule has 0 bridgehead atoms. The van der Waals surface area contributed by atoms with E-state index in [2.05, 4.69) is 9.82 Å². The van der Waals surface area contributed by atoms with Gasteiger partial charge in [0.15, 0.2) is 0 Å². The number of hydrazone groups is 1. The van der Waals surface area contributed by atoms with Crippen molar-refractivity contribution in [1.29, 1.82) is 0 Å². The SMILES string of the molecule is O=C(CNS(=O)(=O)c1ccccc1)N/N=C\c1ccc(F)cc1F. The summed E-state index contributed by atoms with van der Waals surface area (Å²) in [5.41, 5.74) is 2.01. The molecule has 0 saturated heterocycles.